The van der Waals surface area contributed by atoms with E-state index in [1.54, 1.807) is 12.1 Å². The molecule has 1 aromatic carbocycles. The van der Waals surface area contributed by atoms with Crippen LogP contribution in [0.15, 0.2) is 18.2 Å². The van der Waals surface area contributed by atoms with Gasteiger partial charge in [0.25, 0.3) is 10.4 Å². The van der Waals surface area contributed by atoms with Crippen molar-refractivity contribution in [3.05, 3.63) is 29.3 Å². The van der Waals surface area contributed by atoms with E-state index >= 15 is 0 Å². The smallest absolute Gasteiger partial charge is 0.716 e. The minimum absolute atomic E-state index is 0. The summed E-state index contributed by atoms with van der Waals surface area (Å²) >= 11 is 0. The second-order valence-corrected chi connectivity index (χ2v) is 8.67. The number of hydrogen-bond donors (Lipinski definition) is 0. The van der Waals surface area contributed by atoms with Crippen LogP contribution in [0.1, 0.15) is 56.1 Å². The molecule has 130 valence electrons. The number of ketones is 1. The van der Waals surface area contributed by atoms with Crippen molar-refractivity contribution in [2.45, 2.75) is 51.4 Å². The third kappa shape index (κ3) is 3.32. The van der Waals surface area contributed by atoms with Crippen LogP contribution in [0.25, 0.3) is 0 Å². The molecule has 4 rings (SSSR count). The molecule has 0 amide bonds. The zero-order valence-corrected chi connectivity index (χ0v) is 17.5. The van der Waals surface area contributed by atoms with Crippen LogP contribution in [0.4, 0.5) is 0 Å². The number of aryl methyl sites for hydroxylation is 1. The fraction of sp³-hybridized carbons (Fsp3) is 0.611. The van der Waals surface area contributed by atoms with E-state index in [4.69, 9.17) is 0 Å². The average molecular weight is 372 g/mol. The Morgan fingerprint density at radius 3 is 2.68 bits per heavy atom. The maximum Gasteiger partial charge on any atom is 1.00 e. The zero-order valence-electron chi connectivity index (χ0n) is 14.7. The molecule has 3 aliphatic carbocycles. The third-order valence-electron chi connectivity index (χ3n) is 6.61. The first-order valence-electron chi connectivity index (χ1n) is 8.59. The van der Waals surface area contributed by atoms with Crippen LogP contribution < -0.4 is 33.7 Å². The summed E-state index contributed by atoms with van der Waals surface area (Å²) in [7, 11) is -4.74. The van der Waals surface area contributed by atoms with Gasteiger partial charge in [-0.2, -0.15) is 0 Å². The third-order valence-corrected chi connectivity index (χ3v) is 7.00. The molecule has 0 bridgehead atoms. The quantitative estimate of drug-likeness (QED) is 0.413. The molecule has 0 saturated heterocycles. The number of Topliss-reactive ketones (excluding diaryl/α,β-unsaturated/α-hetero) is 1. The van der Waals surface area contributed by atoms with Crippen molar-refractivity contribution in [3.63, 3.8) is 0 Å². The van der Waals surface area contributed by atoms with Crippen molar-refractivity contribution in [2.75, 3.05) is 0 Å². The van der Waals surface area contributed by atoms with Gasteiger partial charge in [-0.1, -0.05) is 13.0 Å². The maximum atomic E-state index is 12.3. The molecule has 0 unspecified atom stereocenters. The second-order valence-electron chi connectivity index (χ2n) is 7.69. The molecule has 7 heteroatoms. The predicted molar refractivity (Wildman–Crippen MR) is 86.4 cm³/mol. The van der Waals surface area contributed by atoms with Crippen molar-refractivity contribution in [1.29, 1.82) is 0 Å². The molecule has 4 atom stereocenters. The SMILES string of the molecule is C[C@]12CC[C@H]3c4ccc(OS(=O)(=O)[O-])cc4CC[C@H]3[C@H]1CCC2=O.[Na+]. The van der Waals surface area contributed by atoms with E-state index in [1.165, 1.54) is 5.56 Å². The van der Waals surface area contributed by atoms with Crippen LogP contribution in [-0.2, 0) is 21.6 Å². The molecule has 0 N–H and O–H groups in total. The molecule has 1 aromatic rings. The Morgan fingerprint density at radius 1 is 1.20 bits per heavy atom. The normalized spacial score (nSPS) is 33.7. The molecule has 25 heavy (non-hydrogen) atoms. The summed E-state index contributed by atoms with van der Waals surface area (Å²) in [5, 5.41) is 0. The first-order chi connectivity index (χ1) is 11.3. The van der Waals surface area contributed by atoms with Gasteiger partial charge in [0.1, 0.15) is 11.5 Å². The maximum absolute atomic E-state index is 12.3. The van der Waals surface area contributed by atoms with E-state index in [0.29, 0.717) is 30.0 Å². The molecule has 0 aromatic heterocycles. The summed E-state index contributed by atoms with van der Waals surface area (Å²) in [4.78, 5) is 12.3. The van der Waals surface area contributed by atoms with Gasteiger partial charge in [0.15, 0.2) is 0 Å². The molecule has 0 spiro atoms. The molecule has 0 heterocycles. The summed E-state index contributed by atoms with van der Waals surface area (Å²) < 4.78 is 36.8. The number of carbonyl (C=O) groups excluding carboxylic acids is 1. The first kappa shape index (κ1) is 19.4. The molecule has 0 aliphatic heterocycles. The zero-order chi connectivity index (χ0) is 17.1. The Kier molecular flexibility index (Phi) is 5.14. The standard InChI is InChI=1S/C18H22O5S.Na/c1-18-9-8-14-13-5-3-12(23-24(20,21)22)10-11(13)2-4-15(14)16(18)6-7-17(18)19;/h3,5,10,14-16H,2,4,6-9H2,1H3,(H,20,21,22);/q;+1/p-1/t14-,15+,16+,18-;/m0./s1. The van der Waals surface area contributed by atoms with Gasteiger partial charge in [0.2, 0.25) is 0 Å². The largest absolute Gasteiger partial charge is 1.00 e. The number of hydrogen-bond acceptors (Lipinski definition) is 5. The number of carbonyl (C=O) groups is 1. The van der Waals surface area contributed by atoms with Crippen molar-refractivity contribution in [3.8, 4) is 5.75 Å². The summed E-state index contributed by atoms with van der Waals surface area (Å²) in [5.74, 6) is 1.95. The Labute approximate surface area is 170 Å². The second kappa shape index (κ2) is 6.64. The van der Waals surface area contributed by atoms with Crippen molar-refractivity contribution < 1.29 is 51.5 Å². The van der Waals surface area contributed by atoms with E-state index in [2.05, 4.69) is 11.1 Å². The Hall–Kier alpha value is -0.400. The van der Waals surface area contributed by atoms with Crippen molar-refractivity contribution in [2.24, 2.45) is 17.3 Å². The van der Waals surface area contributed by atoms with Crippen LogP contribution in [-0.4, -0.2) is 18.8 Å². The first-order valence-corrected chi connectivity index (χ1v) is 9.93. The Bertz CT molecular complexity index is 806. The van der Waals surface area contributed by atoms with Crippen LogP contribution in [0, 0.1) is 17.3 Å². The molecule has 2 fully saturated rings. The van der Waals surface area contributed by atoms with Gasteiger partial charge < -0.3 is 8.74 Å². The van der Waals surface area contributed by atoms with Gasteiger partial charge in [0.05, 0.1) is 0 Å². The van der Waals surface area contributed by atoms with Crippen LogP contribution >= 0.6 is 0 Å². The number of benzene rings is 1. The van der Waals surface area contributed by atoms with Crippen molar-refractivity contribution in [1.82, 2.24) is 0 Å². The number of fused-ring (bicyclic) bond motifs is 5. The molecule has 2 saturated carbocycles. The summed E-state index contributed by atoms with van der Waals surface area (Å²) in [5.41, 5.74) is 2.17. The predicted octanol–water partition coefficient (Wildman–Crippen LogP) is -0.0452. The van der Waals surface area contributed by atoms with Gasteiger partial charge in [-0.05, 0) is 73.1 Å². The fourth-order valence-corrected chi connectivity index (χ4v) is 5.84. The molecule has 3 aliphatic rings. The van der Waals surface area contributed by atoms with E-state index in [-0.39, 0.29) is 40.7 Å². The Balaban J connectivity index is 0.00000182. The molecular formula is C18H21NaO5S. The van der Waals surface area contributed by atoms with Gasteiger partial charge in [0, 0.05) is 11.8 Å². The minimum Gasteiger partial charge on any atom is -0.716 e. The Morgan fingerprint density at radius 2 is 1.96 bits per heavy atom. The summed E-state index contributed by atoms with van der Waals surface area (Å²) in [6.07, 6.45) is 5.50. The molecule has 5 nitrogen and oxygen atoms in total. The van der Waals surface area contributed by atoms with Crippen molar-refractivity contribution >= 4 is 16.2 Å². The van der Waals surface area contributed by atoms with E-state index in [9.17, 15) is 17.8 Å². The van der Waals surface area contributed by atoms with E-state index in [1.807, 2.05) is 6.07 Å². The fourth-order valence-electron chi connectivity index (χ4n) is 5.50. The van der Waals surface area contributed by atoms with Gasteiger partial charge in [-0.3, -0.25) is 4.79 Å². The van der Waals surface area contributed by atoms with Gasteiger partial charge in [-0.25, -0.2) is 8.42 Å². The van der Waals surface area contributed by atoms with Crippen LogP contribution in [0.3, 0.4) is 0 Å². The minimum atomic E-state index is -4.74. The summed E-state index contributed by atoms with van der Waals surface area (Å²) in [6.45, 7) is 2.15. The van der Waals surface area contributed by atoms with Crippen LogP contribution in [0.5, 0.6) is 5.75 Å². The van der Waals surface area contributed by atoms with Gasteiger partial charge in [-0.15, -0.1) is 0 Å². The molecule has 0 radical (unpaired) electrons. The average Bonchev–Trinajstić information content (AvgIpc) is 2.81. The van der Waals surface area contributed by atoms with Crippen LogP contribution in [0.2, 0.25) is 0 Å². The van der Waals surface area contributed by atoms with E-state index in [0.717, 1.165) is 37.7 Å². The number of rotatable bonds is 2. The monoisotopic (exact) mass is 372 g/mol. The summed E-state index contributed by atoms with van der Waals surface area (Å²) in [6, 6.07) is 5.17. The molecular weight excluding hydrogens is 351 g/mol. The van der Waals surface area contributed by atoms with E-state index < -0.39 is 10.4 Å². The topological polar surface area (TPSA) is 83.5 Å². The van der Waals surface area contributed by atoms with Gasteiger partial charge >= 0.3 is 29.6 Å².